The highest BCUT2D eigenvalue weighted by Gasteiger charge is 2.02. The molecule has 0 aliphatic rings. The fraction of sp³-hybridized carbons (Fsp3) is 0.778. The molecule has 0 radical (unpaired) electrons. The van der Waals surface area contributed by atoms with Gasteiger partial charge in [-0.2, -0.15) is 0 Å². The average molecular weight is 142 g/mol. The molecule has 1 nitrogen and oxygen atoms in total. The molecule has 0 aliphatic carbocycles. The minimum Gasteiger partial charge on any atom is -0.393 e. The topological polar surface area (TPSA) is 20.2 Å². The molecule has 10 heavy (non-hydrogen) atoms. The van der Waals surface area contributed by atoms with Gasteiger partial charge in [0.1, 0.15) is 0 Å². The summed E-state index contributed by atoms with van der Waals surface area (Å²) < 4.78 is 0. The Hall–Kier alpha value is -0.300. The predicted octanol–water partition coefficient (Wildman–Crippen LogP) is 2.36. The first-order valence-electron chi connectivity index (χ1n) is 4.03. The molecule has 60 valence electrons. The van der Waals surface area contributed by atoms with Gasteiger partial charge in [0, 0.05) is 0 Å². The van der Waals surface area contributed by atoms with Crippen molar-refractivity contribution in [2.24, 2.45) is 5.92 Å². The Kier molecular flexibility index (Phi) is 5.32. The smallest absolute Gasteiger partial charge is 0.0572 e. The van der Waals surface area contributed by atoms with Crippen LogP contribution < -0.4 is 0 Å². The summed E-state index contributed by atoms with van der Waals surface area (Å²) in [4.78, 5) is 0. The molecule has 0 spiro atoms. The first kappa shape index (κ1) is 9.70. The van der Waals surface area contributed by atoms with Crippen LogP contribution in [-0.4, -0.2) is 11.2 Å². The Balaban J connectivity index is 3.45. The zero-order valence-electron chi connectivity index (χ0n) is 7.17. The van der Waals surface area contributed by atoms with Crippen LogP contribution >= 0.6 is 0 Å². The van der Waals surface area contributed by atoms with Crippen LogP contribution in [0.1, 0.15) is 33.6 Å². The van der Waals surface area contributed by atoms with Crippen LogP contribution in [0.15, 0.2) is 12.2 Å². The Bertz CT molecular complexity index is 94.9. The molecule has 1 heteroatoms. The quantitative estimate of drug-likeness (QED) is 0.597. The lowest BCUT2D eigenvalue weighted by atomic mass is 10.1. The summed E-state index contributed by atoms with van der Waals surface area (Å²) in [6.45, 7) is 6.00. The van der Waals surface area contributed by atoms with Gasteiger partial charge in [0.15, 0.2) is 0 Å². The lowest BCUT2D eigenvalue weighted by Gasteiger charge is -2.07. The molecule has 0 heterocycles. The van der Waals surface area contributed by atoms with Crippen molar-refractivity contribution in [3.63, 3.8) is 0 Å². The molecule has 0 aliphatic heterocycles. The third-order valence-corrected chi connectivity index (χ3v) is 1.66. The van der Waals surface area contributed by atoms with Gasteiger partial charge < -0.3 is 5.11 Å². The summed E-state index contributed by atoms with van der Waals surface area (Å²) in [5.41, 5.74) is 0. The maximum absolute atomic E-state index is 9.07. The van der Waals surface area contributed by atoms with Gasteiger partial charge in [-0.25, -0.2) is 0 Å². The molecule has 0 amide bonds. The van der Waals surface area contributed by atoms with Gasteiger partial charge in [-0.1, -0.05) is 32.4 Å². The minimum absolute atomic E-state index is 0.215. The molecule has 0 aromatic rings. The second-order valence-electron chi connectivity index (χ2n) is 2.82. The largest absolute Gasteiger partial charge is 0.393 e. The summed E-state index contributed by atoms with van der Waals surface area (Å²) >= 11 is 0. The van der Waals surface area contributed by atoms with Crippen molar-refractivity contribution in [2.75, 3.05) is 0 Å². The summed E-state index contributed by atoms with van der Waals surface area (Å²) in [5.74, 6) is 0.298. The summed E-state index contributed by atoms with van der Waals surface area (Å²) in [6.07, 6.45) is 6.30. The summed E-state index contributed by atoms with van der Waals surface area (Å²) in [5, 5.41) is 9.07. The Morgan fingerprint density at radius 3 is 2.40 bits per heavy atom. The molecule has 1 N–H and O–H groups in total. The molecular weight excluding hydrogens is 124 g/mol. The molecule has 0 saturated carbocycles. The van der Waals surface area contributed by atoms with Gasteiger partial charge >= 0.3 is 0 Å². The number of allylic oxidation sites excluding steroid dienone is 1. The van der Waals surface area contributed by atoms with Crippen LogP contribution in [0.3, 0.4) is 0 Å². The van der Waals surface area contributed by atoms with Crippen LogP contribution in [0.25, 0.3) is 0 Å². The lowest BCUT2D eigenvalue weighted by Crippen LogP contribution is -2.09. The Morgan fingerprint density at radius 1 is 1.40 bits per heavy atom. The molecular formula is C9H18O. The zero-order chi connectivity index (χ0) is 7.98. The zero-order valence-corrected chi connectivity index (χ0v) is 7.17. The second-order valence-corrected chi connectivity index (χ2v) is 2.82. The standard InChI is InChI=1S/C9H18O/c1-4-5-6-7-8(2)9(3)10/h6-10H,4-5H2,1-3H3/b7-6+/t8-,9+/m1/s1. The normalized spacial score (nSPS) is 17.6. The van der Waals surface area contributed by atoms with E-state index in [2.05, 4.69) is 19.1 Å². The van der Waals surface area contributed by atoms with E-state index < -0.39 is 0 Å². The third kappa shape index (κ3) is 4.57. The highest BCUT2D eigenvalue weighted by atomic mass is 16.3. The third-order valence-electron chi connectivity index (χ3n) is 1.66. The van der Waals surface area contributed by atoms with E-state index in [0.29, 0.717) is 5.92 Å². The second kappa shape index (κ2) is 5.48. The van der Waals surface area contributed by atoms with E-state index in [1.807, 2.05) is 13.8 Å². The van der Waals surface area contributed by atoms with Crippen molar-refractivity contribution in [1.29, 1.82) is 0 Å². The molecule has 0 aromatic heterocycles. The SMILES string of the molecule is CCC/C=C/[C@@H](C)[C@H](C)O. The van der Waals surface area contributed by atoms with E-state index in [1.54, 1.807) is 0 Å². The molecule has 0 unspecified atom stereocenters. The molecule has 2 atom stereocenters. The fourth-order valence-electron chi connectivity index (χ4n) is 0.638. The number of rotatable bonds is 4. The van der Waals surface area contributed by atoms with Crippen LogP contribution in [0.5, 0.6) is 0 Å². The molecule has 0 bridgehead atoms. The van der Waals surface area contributed by atoms with E-state index >= 15 is 0 Å². The van der Waals surface area contributed by atoms with Crippen LogP contribution in [0.2, 0.25) is 0 Å². The average Bonchev–Trinajstić information content (AvgIpc) is 1.88. The van der Waals surface area contributed by atoms with Crippen LogP contribution in [0, 0.1) is 5.92 Å². The lowest BCUT2D eigenvalue weighted by molar-refractivity contribution is 0.157. The monoisotopic (exact) mass is 142 g/mol. The molecule has 0 aromatic carbocycles. The molecule has 0 rings (SSSR count). The van der Waals surface area contributed by atoms with Crippen molar-refractivity contribution in [2.45, 2.75) is 39.7 Å². The van der Waals surface area contributed by atoms with E-state index in [0.717, 1.165) is 6.42 Å². The van der Waals surface area contributed by atoms with Gasteiger partial charge in [0.2, 0.25) is 0 Å². The van der Waals surface area contributed by atoms with Crippen molar-refractivity contribution in [3.05, 3.63) is 12.2 Å². The van der Waals surface area contributed by atoms with E-state index in [-0.39, 0.29) is 6.10 Å². The number of aliphatic hydroxyl groups excluding tert-OH is 1. The highest BCUT2D eigenvalue weighted by Crippen LogP contribution is 2.04. The van der Waals surface area contributed by atoms with Crippen molar-refractivity contribution in [3.8, 4) is 0 Å². The maximum atomic E-state index is 9.07. The summed E-state index contributed by atoms with van der Waals surface area (Å²) in [6, 6.07) is 0. The predicted molar refractivity (Wildman–Crippen MR) is 44.9 cm³/mol. The Morgan fingerprint density at radius 2 is 2.00 bits per heavy atom. The van der Waals surface area contributed by atoms with Crippen LogP contribution in [-0.2, 0) is 0 Å². The molecule has 0 saturated heterocycles. The number of hydrogen-bond acceptors (Lipinski definition) is 1. The van der Waals surface area contributed by atoms with Gasteiger partial charge in [-0.3, -0.25) is 0 Å². The van der Waals surface area contributed by atoms with E-state index in [9.17, 15) is 0 Å². The number of hydrogen-bond donors (Lipinski definition) is 1. The van der Waals surface area contributed by atoms with Crippen molar-refractivity contribution < 1.29 is 5.11 Å². The van der Waals surface area contributed by atoms with Crippen LogP contribution in [0.4, 0.5) is 0 Å². The number of aliphatic hydroxyl groups is 1. The summed E-state index contributed by atoms with van der Waals surface area (Å²) in [7, 11) is 0. The van der Waals surface area contributed by atoms with Gasteiger partial charge in [0.05, 0.1) is 6.10 Å². The van der Waals surface area contributed by atoms with Gasteiger partial charge in [0.25, 0.3) is 0 Å². The minimum atomic E-state index is -0.215. The first-order valence-corrected chi connectivity index (χ1v) is 4.03. The van der Waals surface area contributed by atoms with Gasteiger partial charge in [-0.15, -0.1) is 0 Å². The highest BCUT2D eigenvalue weighted by molar-refractivity contribution is 4.88. The van der Waals surface area contributed by atoms with Gasteiger partial charge in [-0.05, 0) is 19.3 Å². The number of unbranched alkanes of at least 4 members (excludes halogenated alkanes) is 1. The molecule has 0 fully saturated rings. The van der Waals surface area contributed by atoms with Crippen molar-refractivity contribution >= 4 is 0 Å². The van der Waals surface area contributed by atoms with E-state index in [4.69, 9.17) is 5.11 Å². The Labute approximate surface area is 63.8 Å². The first-order chi connectivity index (χ1) is 4.68. The van der Waals surface area contributed by atoms with Crippen molar-refractivity contribution in [1.82, 2.24) is 0 Å². The fourth-order valence-corrected chi connectivity index (χ4v) is 0.638. The maximum Gasteiger partial charge on any atom is 0.0572 e. The van der Waals surface area contributed by atoms with E-state index in [1.165, 1.54) is 6.42 Å².